The van der Waals surface area contributed by atoms with Gasteiger partial charge < -0.3 is 10.2 Å². The number of nitrogens with zero attached hydrogens (tertiary/aromatic N) is 2. The molecule has 4 nitrogen and oxygen atoms in total. The van der Waals surface area contributed by atoms with Crippen molar-refractivity contribution in [2.24, 2.45) is 0 Å². The first-order chi connectivity index (χ1) is 6.79. The zero-order chi connectivity index (χ0) is 9.97. The van der Waals surface area contributed by atoms with Crippen LogP contribution in [0, 0.1) is 11.3 Å². The van der Waals surface area contributed by atoms with Crippen LogP contribution in [-0.2, 0) is 6.42 Å². The Hall–Kier alpha value is -1.80. The summed E-state index contributed by atoms with van der Waals surface area (Å²) in [4.78, 5) is 4.07. The maximum atomic E-state index is 8.46. The van der Waals surface area contributed by atoms with Crippen molar-refractivity contribution in [1.29, 1.82) is 5.26 Å². The topological polar surface area (TPSA) is 75.8 Å². The van der Waals surface area contributed by atoms with Crippen LogP contribution in [0.5, 0.6) is 0 Å². The second kappa shape index (κ2) is 3.52. The highest BCUT2D eigenvalue weighted by atomic mass is 32.1. The number of nitrogen functional groups attached to an aromatic ring is 1. The molecular weight excluding hydrogens is 198 g/mol. The van der Waals surface area contributed by atoms with E-state index in [4.69, 9.17) is 15.4 Å². The lowest BCUT2D eigenvalue weighted by molar-refractivity contribution is 0.536. The monoisotopic (exact) mass is 205 g/mol. The van der Waals surface area contributed by atoms with Crippen LogP contribution >= 0.6 is 11.3 Å². The summed E-state index contributed by atoms with van der Waals surface area (Å²) < 4.78 is 5.39. The van der Waals surface area contributed by atoms with Crippen LogP contribution in [0.3, 0.4) is 0 Å². The van der Waals surface area contributed by atoms with Crippen LogP contribution < -0.4 is 5.73 Å². The molecule has 0 saturated carbocycles. The first-order valence-electron chi connectivity index (χ1n) is 3.96. The molecule has 2 rings (SSSR count). The maximum absolute atomic E-state index is 8.46. The summed E-state index contributed by atoms with van der Waals surface area (Å²) in [6.07, 6.45) is 0.277. The molecule has 2 N–H and O–H groups in total. The quantitative estimate of drug-likeness (QED) is 0.814. The van der Waals surface area contributed by atoms with E-state index in [2.05, 4.69) is 4.98 Å². The van der Waals surface area contributed by atoms with E-state index in [1.165, 1.54) is 11.3 Å². The highest BCUT2D eigenvalue weighted by Crippen LogP contribution is 2.24. The number of thiazole rings is 1. The number of anilines is 1. The molecular formula is C9H7N3OS. The number of nitrogens with two attached hydrogens (primary N) is 1. The van der Waals surface area contributed by atoms with Crippen molar-refractivity contribution in [1.82, 2.24) is 4.98 Å². The molecule has 0 unspecified atom stereocenters. The van der Waals surface area contributed by atoms with Gasteiger partial charge in [-0.25, -0.2) is 4.98 Å². The zero-order valence-corrected chi connectivity index (χ0v) is 8.04. The van der Waals surface area contributed by atoms with Crippen molar-refractivity contribution in [3.63, 3.8) is 0 Å². The van der Waals surface area contributed by atoms with Gasteiger partial charge in [-0.1, -0.05) is 0 Å². The Kier molecular flexibility index (Phi) is 2.21. The Balaban J connectivity index is 2.30. The minimum atomic E-state index is 0.277. The number of hydrogen-bond acceptors (Lipinski definition) is 5. The second-order valence-electron chi connectivity index (χ2n) is 2.67. The van der Waals surface area contributed by atoms with Gasteiger partial charge >= 0.3 is 0 Å². The van der Waals surface area contributed by atoms with Gasteiger partial charge in [-0.05, 0) is 12.1 Å². The minimum Gasteiger partial charge on any atom is -0.458 e. The highest BCUT2D eigenvalue weighted by molar-refractivity contribution is 7.13. The van der Waals surface area contributed by atoms with Gasteiger partial charge in [0.2, 0.25) is 0 Å². The number of nitriles is 1. The lowest BCUT2D eigenvalue weighted by Gasteiger charge is -1.88. The Morgan fingerprint density at radius 3 is 3.07 bits per heavy atom. The predicted octanol–water partition coefficient (Wildman–Crippen LogP) is 2.05. The van der Waals surface area contributed by atoms with Crippen molar-refractivity contribution in [2.75, 3.05) is 5.73 Å². The third-order valence-corrected chi connectivity index (χ3v) is 2.36. The SMILES string of the molecule is N#CCc1ccc(-c2csc(N)n2)o1. The summed E-state index contributed by atoms with van der Waals surface area (Å²) in [5.41, 5.74) is 6.21. The lowest BCUT2D eigenvalue weighted by Crippen LogP contribution is -1.81. The maximum Gasteiger partial charge on any atom is 0.180 e. The van der Waals surface area contributed by atoms with E-state index in [1.807, 2.05) is 11.4 Å². The second-order valence-corrected chi connectivity index (χ2v) is 3.56. The Morgan fingerprint density at radius 2 is 2.43 bits per heavy atom. The molecule has 0 bridgehead atoms. The number of furan rings is 1. The van der Waals surface area contributed by atoms with Crippen LogP contribution in [0.15, 0.2) is 21.9 Å². The fraction of sp³-hybridized carbons (Fsp3) is 0.111. The summed E-state index contributed by atoms with van der Waals surface area (Å²) in [6, 6.07) is 5.58. The first kappa shape index (κ1) is 8.78. The van der Waals surface area contributed by atoms with E-state index < -0.39 is 0 Å². The van der Waals surface area contributed by atoms with Crippen molar-refractivity contribution in [3.8, 4) is 17.5 Å². The van der Waals surface area contributed by atoms with Crippen LogP contribution in [-0.4, -0.2) is 4.98 Å². The van der Waals surface area contributed by atoms with E-state index in [9.17, 15) is 0 Å². The molecule has 0 saturated heterocycles. The summed E-state index contributed by atoms with van der Waals surface area (Å²) in [6.45, 7) is 0. The average molecular weight is 205 g/mol. The smallest absolute Gasteiger partial charge is 0.180 e. The number of aromatic nitrogens is 1. The van der Waals surface area contributed by atoms with Gasteiger partial charge in [0.15, 0.2) is 10.9 Å². The van der Waals surface area contributed by atoms with Crippen molar-refractivity contribution < 1.29 is 4.42 Å². The van der Waals surface area contributed by atoms with Crippen LogP contribution in [0.25, 0.3) is 11.5 Å². The average Bonchev–Trinajstić information content (AvgIpc) is 2.74. The van der Waals surface area contributed by atoms with Gasteiger partial charge in [0.1, 0.15) is 11.5 Å². The standard InChI is InChI=1S/C9H7N3OS/c10-4-3-6-1-2-8(13-6)7-5-14-9(11)12-7/h1-2,5H,3H2,(H2,11,12). The van der Waals surface area contributed by atoms with E-state index in [0.717, 1.165) is 5.69 Å². The van der Waals surface area contributed by atoms with Crippen LogP contribution in [0.2, 0.25) is 0 Å². The Labute approximate surface area is 84.6 Å². The largest absolute Gasteiger partial charge is 0.458 e. The summed E-state index contributed by atoms with van der Waals surface area (Å²) in [5.74, 6) is 1.30. The first-order valence-corrected chi connectivity index (χ1v) is 4.84. The fourth-order valence-corrected chi connectivity index (χ4v) is 1.64. The molecule has 0 radical (unpaired) electrons. The van der Waals surface area contributed by atoms with E-state index in [1.54, 1.807) is 12.1 Å². The number of rotatable bonds is 2. The minimum absolute atomic E-state index is 0.277. The Bertz CT molecular complexity index is 480. The van der Waals surface area contributed by atoms with Gasteiger partial charge in [-0.3, -0.25) is 0 Å². The molecule has 0 amide bonds. The van der Waals surface area contributed by atoms with Crippen molar-refractivity contribution in [3.05, 3.63) is 23.3 Å². The molecule has 14 heavy (non-hydrogen) atoms. The molecule has 0 aliphatic carbocycles. The molecule has 0 spiro atoms. The predicted molar refractivity (Wildman–Crippen MR) is 53.5 cm³/mol. The molecule has 5 heteroatoms. The highest BCUT2D eigenvalue weighted by Gasteiger charge is 2.07. The molecule has 2 aromatic heterocycles. The van der Waals surface area contributed by atoms with Crippen LogP contribution in [0.4, 0.5) is 5.13 Å². The summed E-state index contributed by atoms with van der Waals surface area (Å²) in [5, 5.41) is 10.8. The van der Waals surface area contributed by atoms with Gasteiger partial charge in [0.05, 0.1) is 12.5 Å². The molecule has 0 atom stereocenters. The molecule has 0 aliphatic rings. The fourth-order valence-electron chi connectivity index (χ4n) is 1.09. The van der Waals surface area contributed by atoms with E-state index in [0.29, 0.717) is 16.7 Å². The molecule has 0 fully saturated rings. The lowest BCUT2D eigenvalue weighted by atomic mass is 10.3. The summed E-state index contributed by atoms with van der Waals surface area (Å²) >= 11 is 1.36. The van der Waals surface area contributed by atoms with E-state index >= 15 is 0 Å². The molecule has 2 aromatic rings. The molecule has 70 valence electrons. The van der Waals surface area contributed by atoms with E-state index in [-0.39, 0.29) is 6.42 Å². The molecule has 0 aliphatic heterocycles. The third-order valence-electron chi connectivity index (χ3n) is 1.69. The van der Waals surface area contributed by atoms with Gasteiger partial charge in [-0.15, -0.1) is 11.3 Å². The molecule has 0 aromatic carbocycles. The van der Waals surface area contributed by atoms with Gasteiger partial charge in [-0.2, -0.15) is 5.26 Å². The normalized spacial score (nSPS) is 9.93. The Morgan fingerprint density at radius 1 is 1.57 bits per heavy atom. The zero-order valence-electron chi connectivity index (χ0n) is 7.23. The van der Waals surface area contributed by atoms with Crippen molar-refractivity contribution in [2.45, 2.75) is 6.42 Å². The van der Waals surface area contributed by atoms with Crippen molar-refractivity contribution >= 4 is 16.5 Å². The van der Waals surface area contributed by atoms with Crippen LogP contribution in [0.1, 0.15) is 5.76 Å². The molecule has 2 heterocycles. The van der Waals surface area contributed by atoms with Gasteiger partial charge in [0, 0.05) is 5.38 Å². The van der Waals surface area contributed by atoms with Gasteiger partial charge in [0.25, 0.3) is 0 Å². The number of hydrogen-bond donors (Lipinski definition) is 1. The summed E-state index contributed by atoms with van der Waals surface area (Å²) in [7, 11) is 0. The third kappa shape index (κ3) is 1.60.